The van der Waals surface area contributed by atoms with Crippen LogP contribution in [0.5, 0.6) is 0 Å². The van der Waals surface area contributed by atoms with Crippen molar-refractivity contribution < 1.29 is 19.1 Å². The van der Waals surface area contributed by atoms with Crippen molar-refractivity contribution in [1.82, 2.24) is 10.2 Å². The minimum Gasteiger partial charge on any atom is -0.466 e. The van der Waals surface area contributed by atoms with E-state index in [1.807, 2.05) is 30.3 Å². The van der Waals surface area contributed by atoms with E-state index in [0.717, 1.165) is 5.56 Å². The van der Waals surface area contributed by atoms with Gasteiger partial charge < -0.3 is 15.0 Å². The predicted octanol–water partition coefficient (Wildman–Crippen LogP) is 0.980. The van der Waals surface area contributed by atoms with E-state index in [1.54, 1.807) is 13.0 Å². The molecule has 1 aliphatic rings. The second kappa shape index (κ2) is 8.12. The van der Waals surface area contributed by atoms with Crippen LogP contribution >= 0.6 is 0 Å². The summed E-state index contributed by atoms with van der Waals surface area (Å²) in [5.41, 5.74) is 0.893. The zero-order valence-corrected chi connectivity index (χ0v) is 13.0. The molecule has 0 radical (unpaired) electrons. The number of piperazine rings is 1. The number of esters is 1. The lowest BCUT2D eigenvalue weighted by atomic mass is 10.1. The third-order valence-corrected chi connectivity index (χ3v) is 3.50. The number of benzene rings is 1. The summed E-state index contributed by atoms with van der Waals surface area (Å²) in [6, 6.07) is 8.58. The quantitative estimate of drug-likeness (QED) is 0.649. The number of carbonyl (C=O) groups excluding carboxylic acids is 3. The molecule has 0 bridgehead atoms. The molecule has 2 amide bonds. The van der Waals surface area contributed by atoms with Crippen LogP contribution in [0.1, 0.15) is 18.9 Å². The van der Waals surface area contributed by atoms with Crippen molar-refractivity contribution in [3.05, 3.63) is 42.0 Å². The minimum absolute atomic E-state index is 0.134. The lowest BCUT2D eigenvalue weighted by Gasteiger charge is -2.33. The molecule has 1 unspecified atom stereocenters. The molecule has 0 aromatic heterocycles. The Hall–Kier alpha value is -2.63. The molecule has 122 valence electrons. The number of rotatable bonds is 5. The maximum absolute atomic E-state index is 12.4. The largest absolute Gasteiger partial charge is 0.466 e. The number of carbonyl (C=O) groups is 3. The maximum Gasteiger partial charge on any atom is 0.308 e. The van der Waals surface area contributed by atoms with Gasteiger partial charge in [0.05, 0.1) is 13.0 Å². The molecule has 6 nitrogen and oxygen atoms in total. The first-order valence-electron chi connectivity index (χ1n) is 7.59. The van der Waals surface area contributed by atoms with E-state index >= 15 is 0 Å². The number of hydrogen-bond acceptors (Lipinski definition) is 4. The highest BCUT2D eigenvalue weighted by Gasteiger charge is 2.34. The maximum atomic E-state index is 12.4. The van der Waals surface area contributed by atoms with Crippen LogP contribution in [0.3, 0.4) is 0 Å². The third-order valence-electron chi connectivity index (χ3n) is 3.50. The SMILES string of the molecule is CCOC(=O)CC1C(=O)NCCN1C(=O)C=Cc1ccccc1. The molecule has 23 heavy (non-hydrogen) atoms. The first-order chi connectivity index (χ1) is 11.1. The summed E-state index contributed by atoms with van der Waals surface area (Å²) in [4.78, 5) is 37.4. The lowest BCUT2D eigenvalue weighted by molar-refractivity contribution is -0.150. The first kappa shape index (κ1) is 16.7. The summed E-state index contributed by atoms with van der Waals surface area (Å²) >= 11 is 0. The fraction of sp³-hybridized carbons (Fsp3) is 0.353. The van der Waals surface area contributed by atoms with E-state index < -0.39 is 12.0 Å². The number of hydrogen-bond donors (Lipinski definition) is 1. The zero-order valence-electron chi connectivity index (χ0n) is 13.0. The van der Waals surface area contributed by atoms with Gasteiger partial charge in [-0.15, -0.1) is 0 Å². The molecule has 0 spiro atoms. The molecule has 0 saturated carbocycles. The van der Waals surface area contributed by atoms with Crippen LogP contribution in [0.2, 0.25) is 0 Å². The predicted molar refractivity (Wildman–Crippen MR) is 85.2 cm³/mol. The zero-order chi connectivity index (χ0) is 16.7. The molecule has 2 rings (SSSR count). The summed E-state index contributed by atoms with van der Waals surface area (Å²) < 4.78 is 4.88. The van der Waals surface area contributed by atoms with Gasteiger partial charge in [-0.2, -0.15) is 0 Å². The molecule has 1 aliphatic heterocycles. The molecular weight excluding hydrogens is 296 g/mol. The van der Waals surface area contributed by atoms with Crippen molar-refractivity contribution in [2.75, 3.05) is 19.7 Å². The molecular formula is C17H20N2O4. The van der Waals surface area contributed by atoms with Gasteiger partial charge in [-0.25, -0.2) is 0 Å². The van der Waals surface area contributed by atoms with Crippen LogP contribution in [-0.2, 0) is 19.1 Å². The molecule has 1 aromatic rings. The van der Waals surface area contributed by atoms with E-state index in [2.05, 4.69) is 5.32 Å². The van der Waals surface area contributed by atoms with Gasteiger partial charge in [-0.1, -0.05) is 30.3 Å². The Morgan fingerprint density at radius 2 is 2.09 bits per heavy atom. The van der Waals surface area contributed by atoms with Gasteiger partial charge in [0, 0.05) is 19.2 Å². The normalized spacial score (nSPS) is 17.9. The third kappa shape index (κ3) is 4.67. The van der Waals surface area contributed by atoms with E-state index in [-0.39, 0.29) is 24.8 Å². The average molecular weight is 316 g/mol. The van der Waals surface area contributed by atoms with Crippen LogP contribution in [-0.4, -0.2) is 48.4 Å². The van der Waals surface area contributed by atoms with E-state index in [0.29, 0.717) is 13.1 Å². The van der Waals surface area contributed by atoms with Crippen LogP contribution in [0.4, 0.5) is 0 Å². The highest BCUT2D eigenvalue weighted by atomic mass is 16.5. The molecule has 1 atom stereocenters. The minimum atomic E-state index is -0.823. The molecule has 1 N–H and O–H groups in total. The van der Waals surface area contributed by atoms with Crippen molar-refractivity contribution in [2.45, 2.75) is 19.4 Å². The first-order valence-corrected chi connectivity index (χ1v) is 7.59. The molecule has 1 fully saturated rings. The Bertz CT molecular complexity index is 598. The van der Waals surface area contributed by atoms with Crippen LogP contribution in [0, 0.1) is 0 Å². The molecule has 1 heterocycles. The Balaban J connectivity index is 2.07. The topological polar surface area (TPSA) is 75.7 Å². The van der Waals surface area contributed by atoms with Gasteiger partial charge in [0.1, 0.15) is 6.04 Å². The monoisotopic (exact) mass is 316 g/mol. The number of amides is 2. The fourth-order valence-corrected chi connectivity index (χ4v) is 2.39. The molecule has 0 aliphatic carbocycles. The highest BCUT2D eigenvalue weighted by molar-refractivity contribution is 5.97. The van der Waals surface area contributed by atoms with Crippen molar-refractivity contribution in [2.24, 2.45) is 0 Å². The van der Waals surface area contributed by atoms with Crippen LogP contribution in [0.15, 0.2) is 36.4 Å². The van der Waals surface area contributed by atoms with Crippen molar-refractivity contribution in [3.8, 4) is 0 Å². The van der Waals surface area contributed by atoms with Crippen LogP contribution < -0.4 is 5.32 Å². The van der Waals surface area contributed by atoms with E-state index in [9.17, 15) is 14.4 Å². The number of nitrogens with zero attached hydrogens (tertiary/aromatic N) is 1. The Morgan fingerprint density at radius 3 is 2.78 bits per heavy atom. The lowest BCUT2D eigenvalue weighted by Crippen LogP contribution is -2.57. The van der Waals surface area contributed by atoms with Gasteiger partial charge in [0.2, 0.25) is 11.8 Å². The Labute approximate surface area is 135 Å². The fourth-order valence-electron chi connectivity index (χ4n) is 2.39. The van der Waals surface area contributed by atoms with Gasteiger partial charge in [-0.3, -0.25) is 14.4 Å². The summed E-state index contributed by atoms with van der Waals surface area (Å²) in [6.45, 7) is 2.69. The standard InChI is InChI=1S/C17H20N2O4/c1-2-23-16(21)12-14-17(22)18-10-11-19(14)15(20)9-8-13-6-4-3-5-7-13/h3-9,14H,2,10-12H2,1H3,(H,18,22). The second-order valence-corrected chi connectivity index (χ2v) is 5.09. The van der Waals surface area contributed by atoms with Gasteiger partial charge in [0.25, 0.3) is 0 Å². The van der Waals surface area contributed by atoms with Crippen LogP contribution in [0.25, 0.3) is 6.08 Å². The summed E-state index contributed by atoms with van der Waals surface area (Å²) in [6.07, 6.45) is 2.98. The highest BCUT2D eigenvalue weighted by Crippen LogP contribution is 2.12. The van der Waals surface area contributed by atoms with E-state index in [1.165, 1.54) is 11.0 Å². The second-order valence-electron chi connectivity index (χ2n) is 5.09. The van der Waals surface area contributed by atoms with Crippen molar-refractivity contribution in [1.29, 1.82) is 0 Å². The Morgan fingerprint density at radius 1 is 1.35 bits per heavy atom. The smallest absolute Gasteiger partial charge is 0.308 e. The number of nitrogens with one attached hydrogen (secondary N) is 1. The summed E-state index contributed by atoms with van der Waals surface area (Å²) in [5, 5.41) is 2.67. The molecule has 1 aromatic carbocycles. The van der Waals surface area contributed by atoms with Gasteiger partial charge in [0.15, 0.2) is 0 Å². The molecule has 6 heteroatoms. The molecule has 1 saturated heterocycles. The van der Waals surface area contributed by atoms with E-state index in [4.69, 9.17) is 4.74 Å². The van der Waals surface area contributed by atoms with Gasteiger partial charge >= 0.3 is 5.97 Å². The van der Waals surface area contributed by atoms with Crippen molar-refractivity contribution >= 4 is 23.9 Å². The number of ether oxygens (including phenoxy) is 1. The average Bonchev–Trinajstić information content (AvgIpc) is 2.55. The van der Waals surface area contributed by atoms with Gasteiger partial charge in [-0.05, 0) is 18.6 Å². The summed E-state index contributed by atoms with van der Waals surface area (Å²) in [5.74, 6) is -1.11. The Kier molecular flexibility index (Phi) is 5.91. The van der Waals surface area contributed by atoms with Crippen molar-refractivity contribution in [3.63, 3.8) is 0 Å². The summed E-state index contributed by atoms with van der Waals surface area (Å²) in [7, 11) is 0.